The van der Waals surface area contributed by atoms with Gasteiger partial charge in [-0.3, -0.25) is 0 Å². The molecular weight excluding hydrogens is 198 g/mol. The van der Waals surface area contributed by atoms with E-state index in [9.17, 15) is 5.11 Å². The van der Waals surface area contributed by atoms with Gasteiger partial charge in [0.1, 0.15) is 0 Å². The van der Waals surface area contributed by atoms with Crippen LogP contribution in [0.15, 0.2) is 30.3 Å². The van der Waals surface area contributed by atoms with Gasteiger partial charge in [-0.05, 0) is 24.9 Å². The van der Waals surface area contributed by atoms with Crippen molar-refractivity contribution >= 4 is 12.4 Å². The molecule has 1 fully saturated rings. The fraction of sp³-hybridized carbons (Fsp3) is 0.455. The standard InChI is InChI=1S/C11H15NO.ClH/c13-11(10-7-4-8-12-10)9-5-2-1-3-6-9;/h1-3,5-6,10-13H,4,7-8H2;1H/t10-,11-;/m0./s1. The number of aliphatic hydroxyl groups excluding tert-OH is 1. The zero-order valence-electron chi connectivity index (χ0n) is 8.02. The van der Waals surface area contributed by atoms with Crippen molar-refractivity contribution in [3.63, 3.8) is 0 Å². The van der Waals surface area contributed by atoms with Gasteiger partial charge in [0.05, 0.1) is 6.10 Å². The number of aliphatic hydroxyl groups is 1. The van der Waals surface area contributed by atoms with Crippen molar-refractivity contribution in [3.05, 3.63) is 35.9 Å². The second kappa shape index (κ2) is 5.35. The molecule has 1 heterocycles. The molecule has 2 rings (SSSR count). The molecule has 3 heteroatoms. The Kier molecular flexibility index (Phi) is 4.39. The molecule has 2 N–H and O–H groups in total. The number of rotatable bonds is 2. The van der Waals surface area contributed by atoms with Crippen molar-refractivity contribution < 1.29 is 5.11 Å². The third-order valence-corrected chi connectivity index (χ3v) is 2.62. The maximum Gasteiger partial charge on any atom is 0.0942 e. The topological polar surface area (TPSA) is 32.3 Å². The summed E-state index contributed by atoms with van der Waals surface area (Å²) >= 11 is 0. The highest BCUT2D eigenvalue weighted by molar-refractivity contribution is 5.85. The van der Waals surface area contributed by atoms with Crippen LogP contribution in [0.1, 0.15) is 24.5 Å². The second-order valence-corrected chi connectivity index (χ2v) is 3.56. The first-order valence-electron chi connectivity index (χ1n) is 4.84. The zero-order valence-corrected chi connectivity index (χ0v) is 8.83. The molecule has 2 nitrogen and oxygen atoms in total. The van der Waals surface area contributed by atoms with Gasteiger partial charge in [0.25, 0.3) is 0 Å². The summed E-state index contributed by atoms with van der Waals surface area (Å²) in [6.45, 7) is 1.04. The average Bonchev–Trinajstić information content (AvgIpc) is 2.71. The van der Waals surface area contributed by atoms with Gasteiger partial charge >= 0.3 is 0 Å². The Bertz CT molecular complexity index is 259. The SMILES string of the molecule is Cl.O[C@@H](c1ccccc1)[C@@H]1CCCN1. The van der Waals surface area contributed by atoms with Crippen LogP contribution >= 0.6 is 12.4 Å². The molecule has 0 saturated carbocycles. The predicted octanol–water partition coefficient (Wildman–Crippen LogP) is 1.89. The second-order valence-electron chi connectivity index (χ2n) is 3.56. The van der Waals surface area contributed by atoms with Crippen LogP contribution in [0, 0.1) is 0 Å². The first-order chi connectivity index (χ1) is 6.38. The normalized spacial score (nSPS) is 22.8. The van der Waals surface area contributed by atoms with Crippen LogP contribution in [0.2, 0.25) is 0 Å². The van der Waals surface area contributed by atoms with Gasteiger partial charge in [0, 0.05) is 6.04 Å². The Labute approximate surface area is 90.7 Å². The van der Waals surface area contributed by atoms with Crippen LogP contribution in [0.4, 0.5) is 0 Å². The van der Waals surface area contributed by atoms with E-state index in [4.69, 9.17) is 0 Å². The molecule has 2 atom stereocenters. The molecule has 0 amide bonds. The van der Waals surface area contributed by atoms with Crippen LogP contribution in [0.5, 0.6) is 0 Å². The minimum Gasteiger partial charge on any atom is -0.387 e. The number of hydrogen-bond donors (Lipinski definition) is 2. The van der Waals surface area contributed by atoms with E-state index in [1.165, 1.54) is 6.42 Å². The van der Waals surface area contributed by atoms with E-state index in [-0.39, 0.29) is 24.6 Å². The van der Waals surface area contributed by atoms with E-state index in [0.717, 1.165) is 18.5 Å². The fourth-order valence-electron chi connectivity index (χ4n) is 1.86. The molecule has 78 valence electrons. The largest absolute Gasteiger partial charge is 0.387 e. The molecule has 1 aliphatic rings. The molecule has 1 saturated heterocycles. The summed E-state index contributed by atoms with van der Waals surface area (Å²) in [4.78, 5) is 0. The number of benzene rings is 1. The van der Waals surface area contributed by atoms with E-state index >= 15 is 0 Å². The third kappa shape index (κ3) is 2.47. The van der Waals surface area contributed by atoms with E-state index in [2.05, 4.69) is 5.32 Å². The van der Waals surface area contributed by atoms with E-state index in [1.807, 2.05) is 30.3 Å². The third-order valence-electron chi connectivity index (χ3n) is 2.62. The van der Waals surface area contributed by atoms with Gasteiger partial charge in [-0.2, -0.15) is 0 Å². The molecule has 1 aromatic rings. The highest BCUT2D eigenvalue weighted by Gasteiger charge is 2.23. The van der Waals surface area contributed by atoms with E-state index in [1.54, 1.807) is 0 Å². The van der Waals surface area contributed by atoms with Gasteiger partial charge in [0.2, 0.25) is 0 Å². The Morgan fingerprint density at radius 1 is 1.29 bits per heavy atom. The predicted molar refractivity (Wildman–Crippen MR) is 59.7 cm³/mol. The smallest absolute Gasteiger partial charge is 0.0942 e. The van der Waals surface area contributed by atoms with Gasteiger partial charge in [-0.25, -0.2) is 0 Å². The first kappa shape index (κ1) is 11.5. The molecule has 0 radical (unpaired) electrons. The molecule has 0 spiro atoms. The minimum absolute atomic E-state index is 0. The maximum absolute atomic E-state index is 9.96. The van der Waals surface area contributed by atoms with Crippen molar-refractivity contribution in [1.29, 1.82) is 0 Å². The van der Waals surface area contributed by atoms with Crippen LogP contribution in [0.3, 0.4) is 0 Å². The lowest BCUT2D eigenvalue weighted by Gasteiger charge is -2.18. The quantitative estimate of drug-likeness (QED) is 0.787. The minimum atomic E-state index is -0.344. The molecule has 0 unspecified atom stereocenters. The zero-order chi connectivity index (χ0) is 9.10. The van der Waals surface area contributed by atoms with E-state index < -0.39 is 0 Å². The van der Waals surface area contributed by atoms with Crippen molar-refractivity contribution in [3.8, 4) is 0 Å². The molecular formula is C11H16ClNO. The molecule has 0 bridgehead atoms. The summed E-state index contributed by atoms with van der Waals surface area (Å²) in [7, 11) is 0. The number of halogens is 1. The monoisotopic (exact) mass is 213 g/mol. The van der Waals surface area contributed by atoms with E-state index in [0.29, 0.717) is 0 Å². The molecule has 1 aliphatic heterocycles. The van der Waals surface area contributed by atoms with Crippen LogP contribution in [-0.2, 0) is 0 Å². The van der Waals surface area contributed by atoms with Gasteiger partial charge in [-0.1, -0.05) is 30.3 Å². The average molecular weight is 214 g/mol. The summed E-state index contributed by atoms with van der Waals surface area (Å²) in [5, 5.41) is 13.3. The summed E-state index contributed by atoms with van der Waals surface area (Å²) in [5.74, 6) is 0. The lowest BCUT2D eigenvalue weighted by molar-refractivity contribution is 0.137. The fourth-order valence-corrected chi connectivity index (χ4v) is 1.86. The number of hydrogen-bond acceptors (Lipinski definition) is 2. The Balaban J connectivity index is 0.000000980. The summed E-state index contributed by atoms with van der Waals surface area (Å²) in [6.07, 6.45) is 1.91. The van der Waals surface area contributed by atoms with Crippen molar-refractivity contribution in [2.45, 2.75) is 25.0 Å². The summed E-state index contributed by atoms with van der Waals surface area (Å²) in [5.41, 5.74) is 1.02. The Hall–Kier alpha value is -0.570. The lowest BCUT2D eigenvalue weighted by Crippen LogP contribution is -2.28. The van der Waals surface area contributed by atoms with Crippen LogP contribution < -0.4 is 5.32 Å². The summed E-state index contributed by atoms with van der Waals surface area (Å²) in [6, 6.07) is 10.1. The van der Waals surface area contributed by atoms with Crippen LogP contribution in [-0.4, -0.2) is 17.7 Å². The maximum atomic E-state index is 9.96. The van der Waals surface area contributed by atoms with Crippen molar-refractivity contribution in [2.75, 3.05) is 6.54 Å². The number of nitrogens with one attached hydrogen (secondary N) is 1. The lowest BCUT2D eigenvalue weighted by atomic mass is 10.0. The molecule has 14 heavy (non-hydrogen) atoms. The van der Waals surface area contributed by atoms with Crippen molar-refractivity contribution in [1.82, 2.24) is 5.32 Å². The highest BCUT2D eigenvalue weighted by Crippen LogP contribution is 2.22. The summed E-state index contributed by atoms with van der Waals surface area (Å²) < 4.78 is 0. The molecule has 0 aliphatic carbocycles. The molecule has 0 aromatic heterocycles. The first-order valence-corrected chi connectivity index (χ1v) is 4.84. The van der Waals surface area contributed by atoms with Gasteiger partial charge in [-0.15, -0.1) is 12.4 Å². The van der Waals surface area contributed by atoms with Gasteiger partial charge in [0.15, 0.2) is 0 Å². The van der Waals surface area contributed by atoms with Crippen molar-refractivity contribution in [2.24, 2.45) is 0 Å². The highest BCUT2D eigenvalue weighted by atomic mass is 35.5. The van der Waals surface area contributed by atoms with Gasteiger partial charge < -0.3 is 10.4 Å². The Morgan fingerprint density at radius 2 is 2.00 bits per heavy atom. The van der Waals surface area contributed by atoms with Crippen LogP contribution in [0.25, 0.3) is 0 Å². The molecule has 1 aromatic carbocycles. The Morgan fingerprint density at radius 3 is 2.57 bits per heavy atom.